The summed E-state index contributed by atoms with van der Waals surface area (Å²) in [6.45, 7) is 5.57. The first-order chi connectivity index (χ1) is 16.8. The number of methoxy groups -OCH3 is 1. The summed E-state index contributed by atoms with van der Waals surface area (Å²) in [7, 11) is 5.40. The molecule has 1 N–H and O–H groups in total. The summed E-state index contributed by atoms with van der Waals surface area (Å²) in [5, 5.41) is 11.3. The van der Waals surface area contributed by atoms with E-state index in [2.05, 4.69) is 6.92 Å². The average molecular weight is 481 g/mol. The van der Waals surface area contributed by atoms with Crippen molar-refractivity contribution in [2.24, 2.45) is 0 Å². The van der Waals surface area contributed by atoms with Crippen LogP contribution in [0.15, 0.2) is 48.0 Å². The molecule has 0 saturated carbocycles. The lowest BCUT2D eigenvalue weighted by Crippen LogP contribution is -2.35. The highest BCUT2D eigenvalue weighted by atomic mass is 16.5. The minimum absolute atomic E-state index is 0.0960. The lowest BCUT2D eigenvalue weighted by Gasteiger charge is -2.26. The second kappa shape index (κ2) is 11.9. The molecule has 0 radical (unpaired) electrons. The molecule has 1 fully saturated rings. The van der Waals surface area contributed by atoms with Crippen LogP contribution in [0.5, 0.6) is 11.5 Å². The number of rotatable bonds is 11. The molecule has 2 aromatic rings. The van der Waals surface area contributed by atoms with Crippen LogP contribution in [-0.2, 0) is 9.59 Å². The summed E-state index contributed by atoms with van der Waals surface area (Å²) in [5.74, 6) is -0.0794. The summed E-state index contributed by atoms with van der Waals surface area (Å²) < 4.78 is 11.1. The minimum atomic E-state index is -0.689. The van der Waals surface area contributed by atoms with E-state index in [0.29, 0.717) is 31.0 Å². The standard InChI is InChI=1S/C28H36N2O5/c1-6-7-8-17-35-21-11-9-20(10-12-21)25-24(27(32)28(33)30(25)16-15-29(3)4)26(31)23-14-13-22(34-5)18-19(23)2/h9-14,18,25,31H,6-8,15-17H2,1-5H3. The van der Waals surface area contributed by atoms with E-state index in [-0.39, 0.29) is 11.3 Å². The SMILES string of the molecule is CCCCCOc1ccc(C2C(=C(O)c3ccc(OC)cc3C)C(=O)C(=O)N2CCN(C)C)cc1. The predicted octanol–water partition coefficient (Wildman–Crippen LogP) is 4.56. The lowest BCUT2D eigenvalue weighted by atomic mass is 9.94. The van der Waals surface area contributed by atoms with Crippen molar-refractivity contribution in [2.75, 3.05) is 40.9 Å². The predicted molar refractivity (Wildman–Crippen MR) is 137 cm³/mol. The highest BCUT2D eigenvalue weighted by molar-refractivity contribution is 6.46. The first kappa shape index (κ1) is 26.3. The number of amides is 1. The molecule has 2 aromatic carbocycles. The molecule has 1 amide bonds. The van der Waals surface area contributed by atoms with Crippen molar-refractivity contribution in [2.45, 2.75) is 39.2 Å². The molecular weight excluding hydrogens is 444 g/mol. The smallest absolute Gasteiger partial charge is 0.295 e. The van der Waals surface area contributed by atoms with Crippen molar-refractivity contribution in [3.8, 4) is 11.5 Å². The van der Waals surface area contributed by atoms with Crippen LogP contribution < -0.4 is 9.47 Å². The van der Waals surface area contributed by atoms with Gasteiger partial charge in [-0.05, 0) is 68.9 Å². The Labute approximate surface area is 207 Å². The Morgan fingerprint density at radius 2 is 1.74 bits per heavy atom. The molecule has 3 rings (SSSR count). The highest BCUT2D eigenvalue weighted by Gasteiger charge is 2.46. The number of nitrogens with zero attached hydrogens (tertiary/aromatic N) is 2. The summed E-state index contributed by atoms with van der Waals surface area (Å²) in [5.41, 5.74) is 2.09. The van der Waals surface area contributed by atoms with Crippen molar-refractivity contribution in [1.29, 1.82) is 0 Å². The number of likely N-dealkylation sites (tertiary alicyclic amines) is 1. The Hall–Kier alpha value is -3.32. The maximum Gasteiger partial charge on any atom is 0.295 e. The van der Waals surface area contributed by atoms with Gasteiger partial charge in [0.15, 0.2) is 0 Å². The number of aliphatic hydroxyl groups is 1. The molecule has 0 aromatic heterocycles. The fraction of sp³-hybridized carbons (Fsp3) is 0.429. The number of hydrogen-bond acceptors (Lipinski definition) is 6. The largest absolute Gasteiger partial charge is 0.507 e. The quantitative estimate of drug-likeness (QED) is 0.220. The first-order valence-electron chi connectivity index (χ1n) is 12.1. The molecule has 35 heavy (non-hydrogen) atoms. The zero-order valence-electron chi connectivity index (χ0n) is 21.3. The van der Waals surface area contributed by atoms with Crippen molar-refractivity contribution >= 4 is 17.4 Å². The molecule has 7 heteroatoms. The Morgan fingerprint density at radius 3 is 2.34 bits per heavy atom. The van der Waals surface area contributed by atoms with Gasteiger partial charge in [-0.15, -0.1) is 0 Å². The molecule has 188 valence electrons. The number of benzene rings is 2. The van der Waals surface area contributed by atoms with Gasteiger partial charge in [0.1, 0.15) is 17.3 Å². The van der Waals surface area contributed by atoms with Crippen LogP contribution in [0.4, 0.5) is 0 Å². The maximum absolute atomic E-state index is 13.2. The molecular formula is C28H36N2O5. The van der Waals surface area contributed by atoms with Gasteiger partial charge in [-0.25, -0.2) is 0 Å². The van der Waals surface area contributed by atoms with Gasteiger partial charge in [-0.3, -0.25) is 9.59 Å². The molecule has 1 aliphatic heterocycles. The topological polar surface area (TPSA) is 79.3 Å². The van der Waals surface area contributed by atoms with E-state index in [1.165, 1.54) is 0 Å². The fourth-order valence-electron chi connectivity index (χ4n) is 4.23. The number of aliphatic hydroxyl groups excluding tert-OH is 1. The molecule has 1 unspecified atom stereocenters. The number of ketones is 1. The Bertz CT molecular complexity index is 1080. The van der Waals surface area contributed by atoms with E-state index >= 15 is 0 Å². The van der Waals surface area contributed by atoms with Gasteiger partial charge in [0.25, 0.3) is 11.7 Å². The van der Waals surface area contributed by atoms with Gasteiger partial charge in [0.05, 0.1) is 25.3 Å². The molecule has 0 spiro atoms. The number of unbranched alkanes of at least 4 members (excludes halogenated alkanes) is 2. The summed E-state index contributed by atoms with van der Waals surface area (Å²) >= 11 is 0. The Balaban J connectivity index is 2.02. The number of aryl methyl sites for hydroxylation is 1. The lowest BCUT2D eigenvalue weighted by molar-refractivity contribution is -0.140. The third-order valence-corrected chi connectivity index (χ3v) is 6.23. The summed E-state index contributed by atoms with van der Waals surface area (Å²) in [4.78, 5) is 29.8. The van der Waals surface area contributed by atoms with E-state index in [1.807, 2.05) is 50.2 Å². The number of likely N-dealkylation sites (N-methyl/N-ethyl adjacent to an activating group) is 1. The van der Waals surface area contributed by atoms with Crippen molar-refractivity contribution in [1.82, 2.24) is 9.80 Å². The van der Waals surface area contributed by atoms with Crippen LogP contribution in [0.25, 0.3) is 5.76 Å². The maximum atomic E-state index is 13.2. The summed E-state index contributed by atoms with van der Waals surface area (Å²) in [6, 6.07) is 12.0. The molecule has 1 atom stereocenters. The van der Waals surface area contributed by atoms with Gasteiger partial charge in [0, 0.05) is 18.7 Å². The molecule has 1 heterocycles. The second-order valence-corrected chi connectivity index (χ2v) is 9.10. The zero-order valence-corrected chi connectivity index (χ0v) is 21.3. The number of carbonyl (C=O) groups excluding carboxylic acids is 2. The monoisotopic (exact) mass is 480 g/mol. The van der Waals surface area contributed by atoms with Crippen LogP contribution in [0.3, 0.4) is 0 Å². The molecule has 7 nitrogen and oxygen atoms in total. The van der Waals surface area contributed by atoms with Crippen LogP contribution in [-0.4, -0.2) is 67.5 Å². The van der Waals surface area contributed by atoms with Crippen LogP contribution in [0.2, 0.25) is 0 Å². The van der Waals surface area contributed by atoms with Crippen molar-refractivity contribution < 1.29 is 24.2 Å². The number of Topliss-reactive ketones (excluding diaryl/α,β-unsaturated/α-hetero) is 1. The van der Waals surface area contributed by atoms with Gasteiger partial charge in [-0.1, -0.05) is 31.9 Å². The molecule has 1 saturated heterocycles. The van der Waals surface area contributed by atoms with Gasteiger partial charge in [0.2, 0.25) is 0 Å². The molecule has 1 aliphatic rings. The van der Waals surface area contributed by atoms with Crippen LogP contribution in [0.1, 0.15) is 48.9 Å². The normalized spacial score (nSPS) is 17.3. The second-order valence-electron chi connectivity index (χ2n) is 9.10. The van der Waals surface area contributed by atoms with Gasteiger partial charge < -0.3 is 24.4 Å². The van der Waals surface area contributed by atoms with Crippen molar-refractivity contribution in [3.05, 3.63) is 64.7 Å². The molecule has 0 bridgehead atoms. The summed E-state index contributed by atoms with van der Waals surface area (Å²) in [6.07, 6.45) is 3.23. The fourth-order valence-corrected chi connectivity index (χ4v) is 4.23. The minimum Gasteiger partial charge on any atom is -0.507 e. The average Bonchev–Trinajstić information content (AvgIpc) is 3.10. The third kappa shape index (κ3) is 6.03. The van der Waals surface area contributed by atoms with E-state index in [0.717, 1.165) is 36.1 Å². The zero-order chi connectivity index (χ0) is 25.5. The van der Waals surface area contributed by atoms with Crippen LogP contribution in [0, 0.1) is 6.92 Å². The third-order valence-electron chi connectivity index (χ3n) is 6.23. The first-order valence-corrected chi connectivity index (χ1v) is 12.1. The molecule has 0 aliphatic carbocycles. The number of ether oxygens (including phenoxy) is 2. The van der Waals surface area contributed by atoms with E-state index in [9.17, 15) is 14.7 Å². The van der Waals surface area contributed by atoms with Crippen LogP contribution >= 0.6 is 0 Å². The van der Waals surface area contributed by atoms with Gasteiger partial charge in [-0.2, -0.15) is 0 Å². The van der Waals surface area contributed by atoms with Gasteiger partial charge >= 0.3 is 0 Å². The Kier molecular flexibility index (Phi) is 8.93. The van der Waals surface area contributed by atoms with Crippen molar-refractivity contribution in [3.63, 3.8) is 0 Å². The Morgan fingerprint density at radius 1 is 1.06 bits per heavy atom. The highest BCUT2D eigenvalue weighted by Crippen LogP contribution is 2.40. The van der Waals surface area contributed by atoms with E-state index in [1.54, 1.807) is 30.2 Å². The van der Waals surface area contributed by atoms with E-state index < -0.39 is 17.7 Å². The van der Waals surface area contributed by atoms with E-state index in [4.69, 9.17) is 9.47 Å². The number of carbonyl (C=O) groups is 2. The number of hydrogen-bond donors (Lipinski definition) is 1.